The van der Waals surface area contributed by atoms with E-state index in [0.717, 1.165) is 11.5 Å². The summed E-state index contributed by atoms with van der Waals surface area (Å²) in [4.78, 5) is 16.0. The Hall–Kier alpha value is -1.86. The number of hydrogen-bond donors (Lipinski definition) is 2. The second-order valence-electron chi connectivity index (χ2n) is 5.23. The molecular weight excluding hydrogens is 252 g/mol. The van der Waals surface area contributed by atoms with Crippen LogP contribution >= 0.6 is 0 Å². The quantitative estimate of drug-likeness (QED) is 0.800. The van der Waals surface area contributed by atoms with Crippen LogP contribution in [0.4, 0.5) is 0 Å². The van der Waals surface area contributed by atoms with E-state index in [1.165, 1.54) is 12.8 Å². The van der Waals surface area contributed by atoms with Gasteiger partial charge in [-0.25, -0.2) is 4.98 Å². The van der Waals surface area contributed by atoms with Gasteiger partial charge >= 0.3 is 0 Å². The van der Waals surface area contributed by atoms with Gasteiger partial charge in [0.25, 0.3) is 5.91 Å². The molecule has 1 aliphatic rings. The number of nitrogens with one attached hydrogen (secondary N) is 1. The molecule has 1 fully saturated rings. The lowest BCUT2D eigenvalue weighted by Crippen LogP contribution is -2.29. The number of rotatable bonds is 5. The Balaban J connectivity index is 1.85. The zero-order valence-electron chi connectivity index (χ0n) is 11.7. The molecule has 2 N–H and O–H groups in total. The summed E-state index contributed by atoms with van der Waals surface area (Å²) in [6.45, 7) is 2.94. The van der Waals surface area contributed by atoms with Crippen LogP contribution < -0.4 is 5.32 Å². The Morgan fingerprint density at radius 3 is 2.95 bits per heavy atom. The largest absolute Gasteiger partial charge is 0.395 e. The maximum Gasteiger partial charge on any atom is 0.269 e. The molecule has 1 amide bonds. The summed E-state index contributed by atoms with van der Waals surface area (Å²) in [6.07, 6.45) is 4.61. The van der Waals surface area contributed by atoms with Crippen LogP contribution in [0.15, 0.2) is 18.3 Å². The van der Waals surface area contributed by atoms with Crippen molar-refractivity contribution in [2.24, 2.45) is 11.8 Å². The molecule has 0 radical (unpaired) electrons. The zero-order valence-corrected chi connectivity index (χ0v) is 11.7. The van der Waals surface area contributed by atoms with Crippen molar-refractivity contribution in [2.75, 3.05) is 13.2 Å². The highest BCUT2D eigenvalue weighted by molar-refractivity contribution is 5.92. The number of carbonyl (C=O) groups is 1. The Morgan fingerprint density at radius 2 is 2.35 bits per heavy atom. The topological polar surface area (TPSA) is 62.2 Å². The van der Waals surface area contributed by atoms with Gasteiger partial charge in [0, 0.05) is 24.7 Å². The van der Waals surface area contributed by atoms with E-state index in [1.807, 2.05) is 0 Å². The summed E-state index contributed by atoms with van der Waals surface area (Å²) < 4.78 is 0. The van der Waals surface area contributed by atoms with Gasteiger partial charge < -0.3 is 10.4 Å². The Bertz CT molecular complexity index is 510. The predicted octanol–water partition coefficient (Wildman–Crippen LogP) is 1.59. The minimum atomic E-state index is -0.132. The third-order valence-corrected chi connectivity index (χ3v) is 3.48. The highest BCUT2D eigenvalue weighted by Gasteiger charge is 2.27. The summed E-state index contributed by atoms with van der Waals surface area (Å²) in [6, 6.07) is 3.46. The van der Waals surface area contributed by atoms with E-state index >= 15 is 0 Å². The maximum atomic E-state index is 11.9. The van der Waals surface area contributed by atoms with Gasteiger partial charge in [-0.2, -0.15) is 0 Å². The third kappa shape index (κ3) is 4.36. The normalized spacial score (nSPS) is 15.1. The van der Waals surface area contributed by atoms with E-state index in [4.69, 9.17) is 5.11 Å². The fraction of sp³-hybridized carbons (Fsp3) is 0.500. The van der Waals surface area contributed by atoms with Gasteiger partial charge in [0.15, 0.2) is 0 Å². The molecule has 20 heavy (non-hydrogen) atoms. The van der Waals surface area contributed by atoms with Crippen LogP contribution in [0.1, 0.15) is 42.2 Å². The average Bonchev–Trinajstić information content (AvgIpc) is 3.30. The molecule has 1 atom stereocenters. The van der Waals surface area contributed by atoms with Crippen molar-refractivity contribution in [3.8, 4) is 11.8 Å². The van der Waals surface area contributed by atoms with E-state index in [2.05, 4.69) is 29.1 Å². The molecule has 0 spiro atoms. The number of amides is 1. The summed E-state index contributed by atoms with van der Waals surface area (Å²) in [5.74, 6) is 6.90. The molecule has 2 rings (SSSR count). The van der Waals surface area contributed by atoms with Gasteiger partial charge in [0.1, 0.15) is 5.69 Å². The lowest BCUT2D eigenvalue weighted by atomic mass is 10.1. The van der Waals surface area contributed by atoms with E-state index < -0.39 is 0 Å². The van der Waals surface area contributed by atoms with Crippen LogP contribution in [0.2, 0.25) is 0 Å². The first kappa shape index (κ1) is 14.5. The molecule has 0 aromatic carbocycles. The summed E-state index contributed by atoms with van der Waals surface area (Å²) >= 11 is 0. The molecule has 1 unspecified atom stereocenters. The molecule has 1 saturated carbocycles. The molecule has 1 heterocycles. The van der Waals surface area contributed by atoms with Crippen LogP contribution in [-0.2, 0) is 0 Å². The average molecular weight is 272 g/mol. The Kier molecular flexibility index (Phi) is 5.14. The molecular formula is C16H20N2O2. The van der Waals surface area contributed by atoms with Gasteiger partial charge in [0.05, 0.1) is 6.61 Å². The number of aliphatic hydroxyl groups excluding tert-OH is 1. The van der Waals surface area contributed by atoms with E-state index in [1.54, 1.807) is 18.3 Å². The number of carbonyl (C=O) groups excluding carboxylic acids is 1. The molecule has 1 aromatic heterocycles. The number of hydrogen-bond acceptors (Lipinski definition) is 3. The first-order chi connectivity index (χ1) is 9.70. The number of aliphatic hydroxyl groups is 1. The van der Waals surface area contributed by atoms with Gasteiger partial charge in [-0.3, -0.25) is 4.79 Å². The van der Waals surface area contributed by atoms with E-state index in [-0.39, 0.29) is 12.5 Å². The van der Waals surface area contributed by atoms with E-state index in [9.17, 15) is 4.79 Å². The van der Waals surface area contributed by atoms with Crippen LogP contribution in [0.5, 0.6) is 0 Å². The van der Waals surface area contributed by atoms with Crippen molar-refractivity contribution >= 4 is 5.91 Å². The van der Waals surface area contributed by atoms with E-state index in [0.29, 0.717) is 24.6 Å². The maximum absolute atomic E-state index is 11.9. The summed E-state index contributed by atoms with van der Waals surface area (Å²) in [5.41, 5.74) is 1.17. The van der Waals surface area contributed by atoms with Gasteiger partial charge in [0.2, 0.25) is 0 Å². The second kappa shape index (κ2) is 7.06. The fourth-order valence-corrected chi connectivity index (χ4v) is 2.00. The molecule has 1 aromatic rings. The summed E-state index contributed by atoms with van der Waals surface area (Å²) in [5, 5.41) is 11.6. The standard InChI is InChI=1S/C16H20N2O2/c1-12(14-6-7-14)10-18-16(20)15-8-5-13(11-17-15)4-2-3-9-19/h5,8,11-12,14,19H,3,6-7,9-10H2,1H3,(H,18,20). The molecule has 106 valence electrons. The number of pyridine rings is 1. The van der Waals surface area contributed by atoms with Crippen LogP contribution in [0.25, 0.3) is 0 Å². The zero-order chi connectivity index (χ0) is 14.4. The van der Waals surface area contributed by atoms with Crippen molar-refractivity contribution in [1.82, 2.24) is 10.3 Å². The molecule has 1 aliphatic carbocycles. The smallest absolute Gasteiger partial charge is 0.269 e. The Labute approximate surface area is 119 Å². The minimum Gasteiger partial charge on any atom is -0.395 e. The minimum absolute atomic E-state index is 0.0557. The summed E-state index contributed by atoms with van der Waals surface area (Å²) in [7, 11) is 0. The van der Waals surface area contributed by atoms with Crippen molar-refractivity contribution < 1.29 is 9.90 Å². The second-order valence-corrected chi connectivity index (χ2v) is 5.23. The van der Waals surface area contributed by atoms with Crippen molar-refractivity contribution in [3.63, 3.8) is 0 Å². The highest BCUT2D eigenvalue weighted by atomic mass is 16.2. The highest BCUT2D eigenvalue weighted by Crippen LogP contribution is 2.36. The van der Waals surface area contributed by atoms with Crippen LogP contribution in [0.3, 0.4) is 0 Å². The third-order valence-electron chi connectivity index (χ3n) is 3.48. The predicted molar refractivity (Wildman–Crippen MR) is 77.0 cm³/mol. The lowest BCUT2D eigenvalue weighted by molar-refractivity contribution is 0.0941. The fourth-order valence-electron chi connectivity index (χ4n) is 2.00. The molecule has 0 saturated heterocycles. The Morgan fingerprint density at radius 1 is 1.55 bits per heavy atom. The van der Waals surface area contributed by atoms with Gasteiger partial charge in [-0.1, -0.05) is 18.8 Å². The molecule has 0 bridgehead atoms. The monoisotopic (exact) mass is 272 g/mol. The van der Waals surface area contributed by atoms with Crippen LogP contribution in [0, 0.1) is 23.7 Å². The molecule has 0 aliphatic heterocycles. The number of aromatic nitrogens is 1. The lowest BCUT2D eigenvalue weighted by Gasteiger charge is -2.10. The van der Waals surface area contributed by atoms with Crippen molar-refractivity contribution in [2.45, 2.75) is 26.2 Å². The SMILES string of the molecule is CC(CNC(=O)c1ccc(C#CCCO)cn1)C1CC1. The van der Waals surface area contributed by atoms with Gasteiger partial charge in [-0.15, -0.1) is 0 Å². The molecule has 4 heteroatoms. The first-order valence-electron chi connectivity index (χ1n) is 7.04. The van der Waals surface area contributed by atoms with Crippen molar-refractivity contribution in [1.29, 1.82) is 0 Å². The first-order valence-corrected chi connectivity index (χ1v) is 7.04. The number of nitrogens with zero attached hydrogens (tertiary/aromatic N) is 1. The van der Waals surface area contributed by atoms with Crippen LogP contribution in [-0.4, -0.2) is 29.1 Å². The van der Waals surface area contributed by atoms with Gasteiger partial charge in [-0.05, 0) is 36.8 Å². The molecule has 4 nitrogen and oxygen atoms in total. The van der Waals surface area contributed by atoms with Crippen molar-refractivity contribution in [3.05, 3.63) is 29.6 Å².